The number of methoxy groups -OCH3 is 2. The van der Waals surface area contributed by atoms with Gasteiger partial charge in [0.05, 0.1) is 13.7 Å². The minimum absolute atomic E-state index is 0.546. The molecule has 0 bridgehead atoms. The predicted molar refractivity (Wildman–Crippen MR) is 82.7 cm³/mol. The summed E-state index contributed by atoms with van der Waals surface area (Å²) in [5, 5.41) is 19.0. The number of piperidine rings is 1. The Hall–Kier alpha value is -1.08. The molecule has 5 nitrogen and oxygen atoms in total. The number of likely N-dealkylation sites (tertiary alicyclic amines) is 1. The van der Waals surface area contributed by atoms with Crippen LogP contribution in [0.2, 0.25) is 0 Å². The molecule has 1 saturated heterocycles. The van der Waals surface area contributed by atoms with E-state index in [1.807, 2.05) is 6.07 Å². The van der Waals surface area contributed by atoms with Gasteiger partial charge >= 0.3 is 7.12 Å². The maximum absolute atomic E-state index is 9.51. The number of rotatable bonds is 6. The van der Waals surface area contributed by atoms with E-state index in [0.717, 1.165) is 37.4 Å². The van der Waals surface area contributed by atoms with Crippen molar-refractivity contribution in [2.45, 2.75) is 19.4 Å². The lowest BCUT2D eigenvalue weighted by Crippen LogP contribution is -2.40. The van der Waals surface area contributed by atoms with Crippen molar-refractivity contribution in [2.75, 3.05) is 33.9 Å². The van der Waals surface area contributed by atoms with Crippen molar-refractivity contribution in [2.24, 2.45) is 5.92 Å². The molecular weight excluding hydrogens is 269 g/mol. The molecule has 116 valence electrons. The molecule has 1 aliphatic heterocycles. The number of nitrogens with zero attached hydrogens (tertiary/aromatic N) is 1. The van der Waals surface area contributed by atoms with E-state index in [0.29, 0.717) is 17.9 Å². The van der Waals surface area contributed by atoms with E-state index >= 15 is 0 Å². The monoisotopic (exact) mass is 293 g/mol. The molecule has 0 amide bonds. The van der Waals surface area contributed by atoms with Crippen LogP contribution in [-0.4, -0.2) is 56.0 Å². The summed E-state index contributed by atoms with van der Waals surface area (Å²) in [4.78, 5) is 2.34. The van der Waals surface area contributed by atoms with Crippen LogP contribution in [-0.2, 0) is 11.3 Å². The van der Waals surface area contributed by atoms with Crippen molar-refractivity contribution in [3.05, 3.63) is 23.8 Å². The van der Waals surface area contributed by atoms with Crippen LogP contribution >= 0.6 is 0 Å². The lowest BCUT2D eigenvalue weighted by Gasteiger charge is -2.32. The Balaban J connectivity index is 2.10. The molecule has 2 N–H and O–H groups in total. The summed E-state index contributed by atoms with van der Waals surface area (Å²) in [7, 11) is 1.90. The first-order valence-corrected chi connectivity index (χ1v) is 7.38. The first-order chi connectivity index (χ1) is 10.1. The summed E-state index contributed by atoms with van der Waals surface area (Å²) in [6.45, 7) is 3.48. The largest absolute Gasteiger partial charge is 0.497 e. The van der Waals surface area contributed by atoms with Crippen molar-refractivity contribution in [3.8, 4) is 5.75 Å². The van der Waals surface area contributed by atoms with Gasteiger partial charge < -0.3 is 19.5 Å². The summed E-state index contributed by atoms with van der Waals surface area (Å²) in [6, 6.07) is 5.35. The molecule has 1 unspecified atom stereocenters. The van der Waals surface area contributed by atoms with Gasteiger partial charge in [0.25, 0.3) is 0 Å². The van der Waals surface area contributed by atoms with Crippen molar-refractivity contribution >= 4 is 12.6 Å². The third-order valence-corrected chi connectivity index (χ3v) is 4.03. The van der Waals surface area contributed by atoms with Crippen LogP contribution in [0.5, 0.6) is 5.75 Å². The van der Waals surface area contributed by atoms with E-state index < -0.39 is 7.12 Å². The molecule has 0 radical (unpaired) electrons. The Labute approximate surface area is 126 Å². The first-order valence-electron chi connectivity index (χ1n) is 7.38. The highest BCUT2D eigenvalue weighted by Gasteiger charge is 2.23. The van der Waals surface area contributed by atoms with Gasteiger partial charge in [-0.2, -0.15) is 0 Å². The number of benzene rings is 1. The summed E-state index contributed by atoms with van der Waals surface area (Å²) < 4.78 is 10.5. The van der Waals surface area contributed by atoms with E-state index in [2.05, 4.69) is 4.90 Å². The minimum Gasteiger partial charge on any atom is -0.497 e. The van der Waals surface area contributed by atoms with Gasteiger partial charge in [0.15, 0.2) is 0 Å². The molecule has 1 fully saturated rings. The average Bonchev–Trinajstić information content (AvgIpc) is 2.47. The van der Waals surface area contributed by atoms with Gasteiger partial charge in [0, 0.05) is 20.2 Å². The first kappa shape index (κ1) is 16.3. The molecule has 1 aliphatic rings. The Kier molecular flexibility index (Phi) is 6.05. The van der Waals surface area contributed by atoms with Gasteiger partial charge in [-0.3, -0.25) is 4.90 Å². The zero-order valence-electron chi connectivity index (χ0n) is 12.8. The molecule has 1 atom stereocenters. The van der Waals surface area contributed by atoms with E-state index in [9.17, 15) is 10.0 Å². The molecular formula is C15H24BNO4. The third kappa shape index (κ3) is 4.44. The summed E-state index contributed by atoms with van der Waals surface area (Å²) in [5.74, 6) is 1.29. The van der Waals surface area contributed by atoms with Crippen LogP contribution in [0.1, 0.15) is 18.4 Å². The van der Waals surface area contributed by atoms with Crippen LogP contribution in [0.25, 0.3) is 0 Å². The smallest absolute Gasteiger partial charge is 0.488 e. The zero-order chi connectivity index (χ0) is 15.2. The molecule has 0 saturated carbocycles. The Morgan fingerprint density at radius 2 is 2.14 bits per heavy atom. The summed E-state index contributed by atoms with van der Waals surface area (Å²) in [5.41, 5.74) is 1.45. The average molecular weight is 293 g/mol. The lowest BCUT2D eigenvalue weighted by molar-refractivity contribution is 0.0874. The van der Waals surface area contributed by atoms with Gasteiger partial charge in [-0.15, -0.1) is 0 Å². The van der Waals surface area contributed by atoms with Gasteiger partial charge in [-0.25, -0.2) is 0 Å². The molecule has 0 aromatic heterocycles. The fraction of sp³-hybridized carbons (Fsp3) is 0.600. The van der Waals surface area contributed by atoms with Crippen molar-refractivity contribution in [1.82, 2.24) is 4.90 Å². The minimum atomic E-state index is -1.45. The topological polar surface area (TPSA) is 62.2 Å². The second-order valence-corrected chi connectivity index (χ2v) is 5.64. The van der Waals surface area contributed by atoms with Gasteiger partial charge in [-0.1, -0.05) is 6.07 Å². The molecule has 21 heavy (non-hydrogen) atoms. The highest BCUT2D eigenvalue weighted by atomic mass is 16.5. The normalized spacial score (nSPS) is 19.5. The van der Waals surface area contributed by atoms with E-state index in [1.54, 1.807) is 26.4 Å². The predicted octanol–water partition coefficient (Wildman–Crippen LogP) is 0.233. The van der Waals surface area contributed by atoms with Crippen molar-refractivity contribution < 1.29 is 19.5 Å². The highest BCUT2D eigenvalue weighted by Crippen LogP contribution is 2.20. The van der Waals surface area contributed by atoms with Crippen LogP contribution < -0.4 is 10.2 Å². The van der Waals surface area contributed by atoms with Crippen molar-refractivity contribution in [1.29, 1.82) is 0 Å². The molecule has 1 heterocycles. The quantitative estimate of drug-likeness (QED) is 0.735. The molecule has 6 heteroatoms. The molecule has 1 aromatic rings. The van der Waals surface area contributed by atoms with E-state index in [4.69, 9.17) is 9.47 Å². The van der Waals surface area contributed by atoms with E-state index in [-0.39, 0.29) is 0 Å². The Morgan fingerprint density at radius 3 is 2.81 bits per heavy atom. The standard InChI is InChI=1S/C15H24BNO4/c1-20-11-12-4-3-7-17(9-12)10-13-8-14(21-2)5-6-15(13)16(18)19/h5-6,8,12,18-19H,3-4,7,9-11H2,1-2H3. The van der Waals surface area contributed by atoms with Crippen LogP contribution in [0, 0.1) is 5.92 Å². The molecule has 0 spiro atoms. The summed E-state index contributed by atoms with van der Waals surface area (Å²) >= 11 is 0. The fourth-order valence-electron chi connectivity index (χ4n) is 3.01. The maximum atomic E-state index is 9.51. The molecule has 0 aliphatic carbocycles. The second-order valence-electron chi connectivity index (χ2n) is 5.64. The second kappa shape index (κ2) is 7.80. The number of hydrogen-bond acceptors (Lipinski definition) is 5. The van der Waals surface area contributed by atoms with Gasteiger partial charge in [-0.05, 0) is 48.5 Å². The molecule has 2 rings (SSSR count). The van der Waals surface area contributed by atoms with Crippen LogP contribution in [0.15, 0.2) is 18.2 Å². The highest BCUT2D eigenvalue weighted by molar-refractivity contribution is 6.59. The zero-order valence-corrected chi connectivity index (χ0v) is 12.8. The van der Waals surface area contributed by atoms with Crippen LogP contribution in [0.4, 0.5) is 0 Å². The maximum Gasteiger partial charge on any atom is 0.488 e. The SMILES string of the molecule is COCC1CCCN(Cc2cc(OC)ccc2B(O)O)C1. The fourth-order valence-corrected chi connectivity index (χ4v) is 3.01. The number of hydrogen-bond donors (Lipinski definition) is 2. The third-order valence-electron chi connectivity index (χ3n) is 4.03. The number of ether oxygens (including phenoxy) is 2. The lowest BCUT2D eigenvalue weighted by atomic mass is 9.76. The van der Waals surface area contributed by atoms with E-state index in [1.165, 1.54) is 6.42 Å². The Morgan fingerprint density at radius 1 is 1.33 bits per heavy atom. The molecule has 1 aromatic carbocycles. The van der Waals surface area contributed by atoms with Crippen molar-refractivity contribution in [3.63, 3.8) is 0 Å². The summed E-state index contributed by atoms with van der Waals surface area (Å²) in [6.07, 6.45) is 2.34. The Bertz CT molecular complexity index is 453. The van der Waals surface area contributed by atoms with Gasteiger partial charge in [0.2, 0.25) is 0 Å². The van der Waals surface area contributed by atoms with Gasteiger partial charge in [0.1, 0.15) is 5.75 Å². The van der Waals surface area contributed by atoms with Crippen LogP contribution in [0.3, 0.4) is 0 Å².